The van der Waals surface area contributed by atoms with Gasteiger partial charge in [-0.15, -0.1) is 0 Å². The predicted molar refractivity (Wildman–Crippen MR) is 61.9 cm³/mol. The summed E-state index contributed by atoms with van der Waals surface area (Å²) in [7, 11) is 2.25. The van der Waals surface area contributed by atoms with Crippen molar-refractivity contribution in [3.63, 3.8) is 0 Å². The summed E-state index contributed by atoms with van der Waals surface area (Å²) in [6.45, 7) is 5.60. The van der Waals surface area contributed by atoms with Gasteiger partial charge in [0.25, 0.3) is 0 Å². The Bertz CT molecular complexity index is 243. The first-order chi connectivity index (χ1) is 7.15. The SMILES string of the molecule is CCN(C)C1CCCC(C2(C)N=N2)CC1. The highest BCUT2D eigenvalue weighted by molar-refractivity contribution is 4.96. The van der Waals surface area contributed by atoms with Crippen molar-refractivity contribution >= 4 is 0 Å². The van der Waals surface area contributed by atoms with Crippen LogP contribution in [0.25, 0.3) is 0 Å². The highest BCUT2D eigenvalue weighted by atomic mass is 15.4. The largest absolute Gasteiger partial charge is 0.304 e. The first-order valence-electron chi connectivity index (χ1n) is 6.30. The normalized spacial score (nSPS) is 34.1. The molecule has 1 aliphatic carbocycles. The van der Waals surface area contributed by atoms with Crippen molar-refractivity contribution in [2.45, 2.75) is 57.7 Å². The van der Waals surface area contributed by atoms with Crippen LogP contribution in [0.3, 0.4) is 0 Å². The van der Waals surface area contributed by atoms with Crippen LogP contribution in [-0.4, -0.2) is 30.2 Å². The Balaban J connectivity index is 1.86. The first-order valence-corrected chi connectivity index (χ1v) is 6.30. The van der Waals surface area contributed by atoms with E-state index in [1.807, 2.05) is 0 Å². The van der Waals surface area contributed by atoms with Crippen LogP contribution in [0.4, 0.5) is 0 Å². The quantitative estimate of drug-likeness (QED) is 0.656. The molecule has 3 nitrogen and oxygen atoms in total. The molecule has 0 saturated heterocycles. The molecule has 2 unspecified atom stereocenters. The van der Waals surface area contributed by atoms with E-state index in [4.69, 9.17) is 0 Å². The van der Waals surface area contributed by atoms with E-state index in [0.29, 0.717) is 5.92 Å². The Hall–Kier alpha value is -0.440. The van der Waals surface area contributed by atoms with Crippen LogP contribution >= 0.6 is 0 Å². The molecule has 2 rings (SSSR count). The Labute approximate surface area is 92.9 Å². The number of hydrogen-bond acceptors (Lipinski definition) is 3. The minimum Gasteiger partial charge on any atom is -0.304 e. The van der Waals surface area contributed by atoms with Gasteiger partial charge in [-0.2, -0.15) is 10.2 Å². The molecule has 0 N–H and O–H groups in total. The Morgan fingerprint density at radius 1 is 1.20 bits per heavy atom. The lowest BCUT2D eigenvalue weighted by molar-refractivity contribution is 0.227. The average Bonchev–Trinajstić information content (AvgIpc) is 3.00. The van der Waals surface area contributed by atoms with Gasteiger partial charge in [0.2, 0.25) is 0 Å². The number of nitrogens with zero attached hydrogens (tertiary/aromatic N) is 3. The van der Waals surface area contributed by atoms with E-state index in [9.17, 15) is 0 Å². The van der Waals surface area contributed by atoms with E-state index < -0.39 is 0 Å². The van der Waals surface area contributed by atoms with E-state index in [0.717, 1.165) is 6.04 Å². The second kappa shape index (κ2) is 4.20. The summed E-state index contributed by atoms with van der Waals surface area (Å²) in [5.74, 6) is 0.716. The van der Waals surface area contributed by atoms with E-state index in [2.05, 4.69) is 36.0 Å². The minimum atomic E-state index is 0.0136. The maximum absolute atomic E-state index is 4.20. The predicted octanol–water partition coefficient (Wildman–Crippen LogP) is 3.07. The maximum Gasteiger partial charge on any atom is 0.191 e. The zero-order valence-corrected chi connectivity index (χ0v) is 10.2. The van der Waals surface area contributed by atoms with E-state index in [-0.39, 0.29) is 5.66 Å². The van der Waals surface area contributed by atoms with Crippen molar-refractivity contribution in [3.8, 4) is 0 Å². The fraction of sp³-hybridized carbons (Fsp3) is 1.00. The third kappa shape index (κ3) is 2.39. The molecular weight excluding hydrogens is 186 g/mol. The van der Waals surface area contributed by atoms with E-state index in [1.165, 1.54) is 38.6 Å². The number of hydrogen-bond donors (Lipinski definition) is 0. The lowest BCUT2D eigenvalue weighted by atomic mass is 9.90. The van der Waals surface area contributed by atoms with Gasteiger partial charge in [-0.05, 0) is 46.2 Å². The van der Waals surface area contributed by atoms with Crippen LogP contribution in [0.2, 0.25) is 0 Å². The summed E-state index contributed by atoms with van der Waals surface area (Å²) in [5.41, 5.74) is 0.0136. The fourth-order valence-corrected chi connectivity index (χ4v) is 2.77. The van der Waals surface area contributed by atoms with Gasteiger partial charge in [0.1, 0.15) is 0 Å². The van der Waals surface area contributed by atoms with Gasteiger partial charge in [0.05, 0.1) is 0 Å². The highest BCUT2D eigenvalue weighted by Crippen LogP contribution is 2.42. The topological polar surface area (TPSA) is 28.0 Å². The van der Waals surface area contributed by atoms with Crippen molar-refractivity contribution in [3.05, 3.63) is 0 Å². The van der Waals surface area contributed by atoms with Gasteiger partial charge >= 0.3 is 0 Å². The molecule has 1 fully saturated rings. The van der Waals surface area contributed by atoms with Crippen molar-refractivity contribution < 1.29 is 0 Å². The lowest BCUT2D eigenvalue weighted by Crippen LogP contribution is -2.31. The highest BCUT2D eigenvalue weighted by Gasteiger charge is 2.43. The van der Waals surface area contributed by atoms with Gasteiger partial charge in [0, 0.05) is 12.0 Å². The monoisotopic (exact) mass is 209 g/mol. The molecular formula is C12H23N3. The summed E-state index contributed by atoms with van der Waals surface area (Å²) in [6, 6.07) is 0.794. The fourth-order valence-electron chi connectivity index (χ4n) is 2.77. The maximum atomic E-state index is 4.20. The molecule has 0 amide bonds. The van der Waals surface area contributed by atoms with Crippen molar-refractivity contribution in [1.82, 2.24) is 4.90 Å². The first kappa shape index (κ1) is 11.1. The van der Waals surface area contributed by atoms with Gasteiger partial charge in [0.15, 0.2) is 5.66 Å². The molecule has 0 bridgehead atoms. The summed E-state index contributed by atoms with van der Waals surface area (Å²) >= 11 is 0. The van der Waals surface area contributed by atoms with E-state index >= 15 is 0 Å². The molecule has 0 aromatic rings. The molecule has 1 saturated carbocycles. The van der Waals surface area contributed by atoms with Crippen LogP contribution in [0.5, 0.6) is 0 Å². The van der Waals surface area contributed by atoms with Crippen LogP contribution in [0.1, 0.15) is 46.0 Å². The van der Waals surface area contributed by atoms with Gasteiger partial charge in [-0.25, -0.2) is 0 Å². The summed E-state index contributed by atoms with van der Waals surface area (Å²) in [6.07, 6.45) is 6.66. The molecule has 15 heavy (non-hydrogen) atoms. The molecule has 0 aromatic heterocycles. The summed E-state index contributed by atoms with van der Waals surface area (Å²) in [5, 5.41) is 8.40. The molecule has 0 spiro atoms. The second-order valence-corrected chi connectivity index (χ2v) is 5.23. The molecule has 0 aromatic carbocycles. The molecule has 3 heteroatoms. The third-order valence-corrected chi connectivity index (χ3v) is 4.25. The zero-order valence-electron chi connectivity index (χ0n) is 10.2. The number of rotatable bonds is 3. The molecule has 86 valence electrons. The smallest absolute Gasteiger partial charge is 0.191 e. The lowest BCUT2D eigenvalue weighted by Gasteiger charge is -2.25. The molecule has 0 radical (unpaired) electrons. The van der Waals surface area contributed by atoms with Crippen LogP contribution < -0.4 is 0 Å². The molecule has 2 atom stereocenters. The van der Waals surface area contributed by atoms with Crippen molar-refractivity contribution in [2.75, 3.05) is 13.6 Å². The van der Waals surface area contributed by atoms with Crippen LogP contribution in [0.15, 0.2) is 10.2 Å². The van der Waals surface area contributed by atoms with Crippen molar-refractivity contribution in [2.24, 2.45) is 16.1 Å². The minimum absolute atomic E-state index is 0.0136. The average molecular weight is 209 g/mol. The Kier molecular flexibility index (Phi) is 3.10. The van der Waals surface area contributed by atoms with Gasteiger partial charge in [-0.3, -0.25) is 0 Å². The zero-order chi connectivity index (χ0) is 10.9. The second-order valence-electron chi connectivity index (χ2n) is 5.23. The van der Waals surface area contributed by atoms with E-state index in [1.54, 1.807) is 0 Å². The standard InChI is InChI=1S/C12H23N3/c1-4-15(3)11-7-5-6-10(8-9-11)12(2)13-14-12/h10-11H,4-9H2,1-3H3. The third-order valence-electron chi connectivity index (χ3n) is 4.25. The van der Waals surface area contributed by atoms with Gasteiger partial charge < -0.3 is 4.90 Å². The summed E-state index contributed by atoms with van der Waals surface area (Å²) < 4.78 is 0. The molecule has 1 heterocycles. The summed E-state index contributed by atoms with van der Waals surface area (Å²) in [4.78, 5) is 2.49. The van der Waals surface area contributed by atoms with Crippen molar-refractivity contribution in [1.29, 1.82) is 0 Å². The Morgan fingerprint density at radius 2 is 1.93 bits per heavy atom. The van der Waals surface area contributed by atoms with Gasteiger partial charge in [-0.1, -0.05) is 13.3 Å². The van der Waals surface area contributed by atoms with Crippen LogP contribution in [-0.2, 0) is 0 Å². The Morgan fingerprint density at radius 3 is 2.53 bits per heavy atom. The molecule has 2 aliphatic rings. The molecule has 1 aliphatic heterocycles. The van der Waals surface area contributed by atoms with Crippen LogP contribution in [0, 0.1) is 5.92 Å².